The average molecular weight is 242 g/mol. The van der Waals surface area contributed by atoms with Crippen LogP contribution in [-0.2, 0) is 9.59 Å². The number of likely N-dealkylation sites (tertiary alicyclic amines) is 1. The van der Waals surface area contributed by atoms with Crippen molar-refractivity contribution in [1.82, 2.24) is 10.2 Å². The number of nitrogens with zero attached hydrogens (tertiary/aromatic N) is 1. The second-order valence-corrected chi connectivity index (χ2v) is 5.50. The molecule has 5 nitrogen and oxygen atoms in total. The number of carboxylic acids is 1. The number of carboxylic acid groups (broad SMARTS) is 1. The number of nitrogens with one attached hydrogen (secondary N) is 1. The third-order valence-electron chi connectivity index (χ3n) is 3.43. The van der Waals surface area contributed by atoms with Crippen LogP contribution in [0.2, 0.25) is 0 Å². The van der Waals surface area contributed by atoms with Crippen LogP contribution in [0.5, 0.6) is 0 Å². The van der Waals surface area contributed by atoms with Gasteiger partial charge in [0.05, 0.1) is 11.0 Å². The van der Waals surface area contributed by atoms with Gasteiger partial charge in [-0.2, -0.15) is 0 Å². The van der Waals surface area contributed by atoms with E-state index in [0.717, 1.165) is 0 Å². The highest BCUT2D eigenvalue weighted by Crippen LogP contribution is 2.31. The molecule has 2 N–H and O–H groups in total. The maximum Gasteiger partial charge on any atom is 0.311 e. The molecule has 0 saturated carbocycles. The molecule has 0 spiro atoms. The van der Waals surface area contributed by atoms with E-state index in [4.69, 9.17) is 5.11 Å². The van der Waals surface area contributed by atoms with Crippen LogP contribution in [0.4, 0.5) is 0 Å². The molecule has 0 aromatic rings. The van der Waals surface area contributed by atoms with Crippen LogP contribution in [0.1, 0.15) is 34.1 Å². The Kier molecular flexibility index (Phi) is 3.81. The molecule has 98 valence electrons. The molecule has 0 aromatic carbocycles. The molecule has 1 aliphatic rings. The zero-order valence-corrected chi connectivity index (χ0v) is 11.0. The van der Waals surface area contributed by atoms with Gasteiger partial charge in [0, 0.05) is 13.1 Å². The molecule has 1 fully saturated rings. The number of aliphatic carboxylic acids is 1. The first-order chi connectivity index (χ1) is 7.73. The van der Waals surface area contributed by atoms with E-state index >= 15 is 0 Å². The number of hydrogen-bond acceptors (Lipinski definition) is 3. The van der Waals surface area contributed by atoms with Gasteiger partial charge in [-0.15, -0.1) is 0 Å². The minimum Gasteiger partial charge on any atom is -0.481 e. The Morgan fingerprint density at radius 2 is 2.06 bits per heavy atom. The van der Waals surface area contributed by atoms with Crippen LogP contribution in [0.3, 0.4) is 0 Å². The first-order valence-corrected chi connectivity index (χ1v) is 6.01. The van der Waals surface area contributed by atoms with Gasteiger partial charge in [0.1, 0.15) is 0 Å². The smallest absolute Gasteiger partial charge is 0.311 e. The van der Waals surface area contributed by atoms with E-state index in [-0.39, 0.29) is 5.91 Å². The monoisotopic (exact) mass is 242 g/mol. The molecule has 1 saturated heterocycles. The van der Waals surface area contributed by atoms with Crippen molar-refractivity contribution in [2.75, 3.05) is 19.6 Å². The molecule has 0 aliphatic carbocycles. The van der Waals surface area contributed by atoms with Gasteiger partial charge in [0.25, 0.3) is 0 Å². The molecule has 1 aliphatic heterocycles. The van der Waals surface area contributed by atoms with Crippen LogP contribution in [0.25, 0.3) is 0 Å². The number of rotatable bonds is 4. The predicted octanol–water partition coefficient (Wildman–Crippen LogP) is 0.698. The third-order valence-corrected chi connectivity index (χ3v) is 3.43. The number of likely N-dealkylation sites (N-methyl/N-ethyl adjacent to an activating group) is 1. The summed E-state index contributed by atoms with van der Waals surface area (Å²) in [5.41, 5.74) is -1.42. The fraction of sp³-hybridized carbons (Fsp3) is 0.833. The first kappa shape index (κ1) is 14.0. The minimum absolute atomic E-state index is 0.0238. The van der Waals surface area contributed by atoms with E-state index in [2.05, 4.69) is 5.32 Å². The summed E-state index contributed by atoms with van der Waals surface area (Å²) in [7, 11) is 0. The second-order valence-electron chi connectivity index (χ2n) is 5.50. The van der Waals surface area contributed by atoms with E-state index in [9.17, 15) is 9.59 Å². The van der Waals surface area contributed by atoms with Gasteiger partial charge in [-0.1, -0.05) is 6.92 Å². The Balaban J connectivity index is 2.72. The molecule has 17 heavy (non-hydrogen) atoms. The quantitative estimate of drug-likeness (QED) is 0.761. The van der Waals surface area contributed by atoms with Crippen molar-refractivity contribution in [3.63, 3.8) is 0 Å². The summed E-state index contributed by atoms with van der Waals surface area (Å²) < 4.78 is 0. The van der Waals surface area contributed by atoms with Gasteiger partial charge in [0.2, 0.25) is 5.91 Å². The lowest BCUT2D eigenvalue weighted by Gasteiger charge is -2.30. The van der Waals surface area contributed by atoms with Gasteiger partial charge in [-0.3, -0.25) is 9.59 Å². The number of hydrogen-bond donors (Lipinski definition) is 2. The summed E-state index contributed by atoms with van der Waals surface area (Å²) in [4.78, 5) is 25.0. The second kappa shape index (κ2) is 4.64. The zero-order valence-electron chi connectivity index (χ0n) is 11.0. The van der Waals surface area contributed by atoms with Crippen LogP contribution >= 0.6 is 0 Å². The SMILES string of the molecule is CCNC(C)(C)C(=O)N1CCC(C)(C(=O)O)C1. The lowest BCUT2D eigenvalue weighted by Crippen LogP contribution is -2.54. The normalized spacial score (nSPS) is 25.1. The molecule has 1 heterocycles. The Morgan fingerprint density at radius 3 is 2.47 bits per heavy atom. The van der Waals surface area contributed by atoms with Gasteiger partial charge < -0.3 is 15.3 Å². The van der Waals surface area contributed by atoms with Crippen LogP contribution < -0.4 is 5.32 Å². The van der Waals surface area contributed by atoms with Crippen molar-refractivity contribution < 1.29 is 14.7 Å². The van der Waals surface area contributed by atoms with E-state index in [1.165, 1.54) is 0 Å². The number of carbonyl (C=O) groups is 2. The summed E-state index contributed by atoms with van der Waals surface area (Å²) >= 11 is 0. The first-order valence-electron chi connectivity index (χ1n) is 6.01. The van der Waals surface area contributed by atoms with Crippen molar-refractivity contribution in [2.45, 2.75) is 39.7 Å². The summed E-state index contributed by atoms with van der Waals surface area (Å²) in [6.45, 7) is 8.84. The van der Waals surface area contributed by atoms with Crippen molar-refractivity contribution in [3.05, 3.63) is 0 Å². The van der Waals surface area contributed by atoms with E-state index in [1.54, 1.807) is 11.8 Å². The largest absolute Gasteiger partial charge is 0.481 e. The summed E-state index contributed by atoms with van der Waals surface area (Å²) in [5.74, 6) is -0.849. The molecule has 1 unspecified atom stereocenters. The van der Waals surface area contributed by atoms with E-state index < -0.39 is 16.9 Å². The molecule has 0 radical (unpaired) electrons. The maximum absolute atomic E-state index is 12.2. The average Bonchev–Trinajstić information content (AvgIpc) is 2.61. The third kappa shape index (κ3) is 2.77. The van der Waals surface area contributed by atoms with E-state index in [0.29, 0.717) is 26.1 Å². The lowest BCUT2D eigenvalue weighted by atomic mass is 9.90. The van der Waals surface area contributed by atoms with Gasteiger partial charge in [-0.05, 0) is 33.7 Å². The molecular weight excluding hydrogens is 220 g/mol. The molecule has 0 bridgehead atoms. The maximum atomic E-state index is 12.2. The summed E-state index contributed by atoms with van der Waals surface area (Å²) in [5, 5.41) is 12.2. The lowest BCUT2D eigenvalue weighted by molar-refractivity contribution is -0.147. The van der Waals surface area contributed by atoms with Crippen LogP contribution in [0, 0.1) is 5.41 Å². The van der Waals surface area contributed by atoms with Gasteiger partial charge >= 0.3 is 5.97 Å². The van der Waals surface area contributed by atoms with Gasteiger partial charge in [0.15, 0.2) is 0 Å². The molecule has 1 amide bonds. The fourth-order valence-electron chi connectivity index (χ4n) is 2.22. The Labute approximate surface area is 102 Å². The zero-order chi connectivity index (χ0) is 13.3. The standard InChI is InChI=1S/C12H22N2O3/c1-5-13-11(2,3)9(15)14-7-6-12(4,8-14)10(16)17/h13H,5-8H2,1-4H3,(H,16,17). The molecule has 0 aromatic heterocycles. The van der Waals surface area contributed by atoms with E-state index in [1.807, 2.05) is 20.8 Å². The van der Waals surface area contributed by atoms with Crippen LogP contribution in [-0.4, -0.2) is 47.1 Å². The highest BCUT2D eigenvalue weighted by atomic mass is 16.4. The summed E-state index contributed by atoms with van der Waals surface area (Å²) in [6.07, 6.45) is 0.524. The van der Waals surface area contributed by atoms with Crippen molar-refractivity contribution >= 4 is 11.9 Å². The molecule has 5 heteroatoms. The highest BCUT2D eigenvalue weighted by molar-refractivity contribution is 5.87. The molecule has 1 atom stereocenters. The highest BCUT2D eigenvalue weighted by Gasteiger charge is 2.44. The number of amides is 1. The predicted molar refractivity (Wildman–Crippen MR) is 64.7 cm³/mol. The van der Waals surface area contributed by atoms with Crippen LogP contribution in [0.15, 0.2) is 0 Å². The van der Waals surface area contributed by atoms with Gasteiger partial charge in [-0.25, -0.2) is 0 Å². The number of carbonyl (C=O) groups excluding carboxylic acids is 1. The Morgan fingerprint density at radius 1 is 1.47 bits per heavy atom. The topological polar surface area (TPSA) is 69.6 Å². The van der Waals surface area contributed by atoms with Crippen molar-refractivity contribution in [2.24, 2.45) is 5.41 Å². The van der Waals surface area contributed by atoms with Crippen molar-refractivity contribution in [1.29, 1.82) is 0 Å². The minimum atomic E-state index is -0.825. The van der Waals surface area contributed by atoms with Crippen molar-refractivity contribution in [3.8, 4) is 0 Å². The molecular formula is C12H22N2O3. The molecule has 1 rings (SSSR count). The summed E-state index contributed by atoms with van der Waals surface area (Å²) in [6, 6.07) is 0. The fourth-order valence-corrected chi connectivity index (χ4v) is 2.22. The Hall–Kier alpha value is -1.10. The Bertz CT molecular complexity index is 328.